The number of hydrogen-bond acceptors (Lipinski definition) is 2. The molecule has 1 aromatic heterocycles. The third-order valence-corrected chi connectivity index (χ3v) is 3.23. The number of halogens is 2. The van der Waals surface area contributed by atoms with Crippen molar-refractivity contribution in [3.63, 3.8) is 0 Å². The predicted molar refractivity (Wildman–Crippen MR) is 74.1 cm³/mol. The average Bonchev–Trinajstić information content (AvgIpc) is 2.45. The molecule has 0 bridgehead atoms. The van der Waals surface area contributed by atoms with Crippen LogP contribution >= 0.6 is 0 Å². The highest BCUT2D eigenvalue weighted by Gasteiger charge is 2.12. The molecule has 0 spiro atoms. The summed E-state index contributed by atoms with van der Waals surface area (Å²) in [5.41, 5.74) is 8.14. The average molecular weight is 270 g/mol. The first-order valence-electron chi connectivity index (χ1n) is 6.20. The lowest BCUT2D eigenvalue weighted by Gasteiger charge is -2.13. The van der Waals surface area contributed by atoms with Crippen LogP contribution in [0.25, 0.3) is 10.9 Å². The minimum atomic E-state index is -0.627. The summed E-state index contributed by atoms with van der Waals surface area (Å²) in [4.78, 5) is 4.22. The molecule has 0 fully saturated rings. The van der Waals surface area contributed by atoms with Crippen LogP contribution < -0.4 is 5.73 Å². The molecule has 0 aliphatic heterocycles. The number of rotatable bonds is 2. The first-order chi connectivity index (χ1) is 9.63. The first-order valence-corrected chi connectivity index (χ1v) is 6.20. The molecule has 0 amide bonds. The second kappa shape index (κ2) is 4.98. The van der Waals surface area contributed by atoms with Crippen molar-refractivity contribution in [1.82, 2.24) is 4.98 Å². The lowest BCUT2D eigenvalue weighted by molar-refractivity contribution is 0.577. The normalized spacial score (nSPS) is 12.6. The molecule has 100 valence electrons. The third-order valence-electron chi connectivity index (χ3n) is 3.23. The fraction of sp³-hybridized carbons (Fsp3) is 0.0625. The summed E-state index contributed by atoms with van der Waals surface area (Å²) in [5.74, 6) is -1.25. The van der Waals surface area contributed by atoms with E-state index in [-0.39, 0.29) is 0 Å². The van der Waals surface area contributed by atoms with Gasteiger partial charge in [0.2, 0.25) is 0 Å². The van der Waals surface area contributed by atoms with Gasteiger partial charge in [0, 0.05) is 17.6 Å². The maximum absolute atomic E-state index is 13.3. The third kappa shape index (κ3) is 2.38. The van der Waals surface area contributed by atoms with E-state index in [9.17, 15) is 8.78 Å². The van der Waals surface area contributed by atoms with Gasteiger partial charge in [0.25, 0.3) is 0 Å². The largest absolute Gasteiger partial charge is 0.320 e. The molecule has 3 aromatic rings. The predicted octanol–water partition coefficient (Wildman–Crippen LogP) is 3.56. The van der Waals surface area contributed by atoms with E-state index in [1.807, 2.05) is 30.3 Å². The molecule has 0 saturated heterocycles. The Morgan fingerprint density at radius 1 is 0.900 bits per heavy atom. The van der Waals surface area contributed by atoms with Crippen LogP contribution in [0.4, 0.5) is 8.78 Å². The molecule has 1 atom stereocenters. The SMILES string of the molecule is NC(c1cc(F)cc(F)c1)c1ccc2ncccc2c1. The van der Waals surface area contributed by atoms with Crippen molar-refractivity contribution in [2.75, 3.05) is 0 Å². The summed E-state index contributed by atoms with van der Waals surface area (Å²) >= 11 is 0. The Labute approximate surface area is 114 Å². The maximum Gasteiger partial charge on any atom is 0.126 e. The number of hydrogen-bond donors (Lipinski definition) is 1. The number of aromatic nitrogens is 1. The van der Waals surface area contributed by atoms with Crippen molar-refractivity contribution in [3.8, 4) is 0 Å². The molecule has 1 heterocycles. The topological polar surface area (TPSA) is 38.9 Å². The van der Waals surface area contributed by atoms with Crippen molar-refractivity contribution in [3.05, 3.63) is 77.5 Å². The van der Waals surface area contributed by atoms with Gasteiger partial charge in [-0.3, -0.25) is 4.98 Å². The van der Waals surface area contributed by atoms with E-state index in [0.717, 1.165) is 22.5 Å². The number of benzene rings is 2. The van der Waals surface area contributed by atoms with Crippen LogP contribution in [0.2, 0.25) is 0 Å². The maximum atomic E-state index is 13.3. The van der Waals surface area contributed by atoms with Gasteiger partial charge < -0.3 is 5.73 Å². The van der Waals surface area contributed by atoms with Gasteiger partial charge in [-0.15, -0.1) is 0 Å². The lowest BCUT2D eigenvalue weighted by atomic mass is 9.98. The van der Waals surface area contributed by atoms with E-state index in [2.05, 4.69) is 4.98 Å². The smallest absolute Gasteiger partial charge is 0.126 e. The molecule has 2 N–H and O–H groups in total. The molecule has 0 aliphatic carbocycles. The van der Waals surface area contributed by atoms with E-state index in [0.29, 0.717) is 5.56 Å². The molecule has 2 aromatic carbocycles. The second-order valence-corrected chi connectivity index (χ2v) is 4.64. The van der Waals surface area contributed by atoms with E-state index < -0.39 is 17.7 Å². The van der Waals surface area contributed by atoms with E-state index in [1.54, 1.807) is 6.20 Å². The molecule has 1 unspecified atom stereocenters. The molecule has 3 rings (SSSR count). The summed E-state index contributed by atoms with van der Waals surface area (Å²) in [6, 6.07) is 12.1. The lowest BCUT2D eigenvalue weighted by Crippen LogP contribution is -2.12. The van der Waals surface area contributed by atoms with Crippen LogP contribution in [-0.4, -0.2) is 4.98 Å². The number of nitrogens with two attached hydrogens (primary N) is 1. The Kier molecular flexibility index (Phi) is 3.16. The molecule has 2 nitrogen and oxygen atoms in total. The van der Waals surface area contributed by atoms with Crippen molar-refractivity contribution in [2.24, 2.45) is 5.73 Å². The molecule has 20 heavy (non-hydrogen) atoms. The fourth-order valence-corrected chi connectivity index (χ4v) is 2.23. The standard InChI is InChI=1S/C16H12F2N2/c17-13-7-12(8-14(18)9-13)16(19)11-3-4-15-10(6-11)2-1-5-20-15/h1-9,16H,19H2. The summed E-state index contributed by atoms with van der Waals surface area (Å²) < 4.78 is 26.5. The molecule has 0 saturated carbocycles. The van der Waals surface area contributed by atoms with E-state index >= 15 is 0 Å². The van der Waals surface area contributed by atoms with Crippen molar-refractivity contribution in [1.29, 1.82) is 0 Å². The zero-order valence-corrected chi connectivity index (χ0v) is 10.6. The minimum Gasteiger partial charge on any atom is -0.320 e. The van der Waals surface area contributed by atoms with Gasteiger partial charge in [0.05, 0.1) is 11.6 Å². The van der Waals surface area contributed by atoms with Crippen molar-refractivity contribution < 1.29 is 8.78 Å². The molecule has 0 radical (unpaired) electrons. The second-order valence-electron chi connectivity index (χ2n) is 4.64. The highest BCUT2D eigenvalue weighted by molar-refractivity contribution is 5.79. The number of fused-ring (bicyclic) bond motifs is 1. The number of nitrogens with zero attached hydrogens (tertiary/aromatic N) is 1. The molecule has 0 aliphatic rings. The van der Waals surface area contributed by atoms with Crippen LogP contribution in [0.3, 0.4) is 0 Å². The number of pyridine rings is 1. The summed E-state index contributed by atoms with van der Waals surface area (Å²) in [6.45, 7) is 0. The van der Waals surface area contributed by atoms with Crippen LogP contribution in [0.15, 0.2) is 54.7 Å². The minimum absolute atomic E-state index is 0.408. The first kappa shape index (κ1) is 12.7. The summed E-state index contributed by atoms with van der Waals surface area (Å²) in [7, 11) is 0. The zero-order valence-electron chi connectivity index (χ0n) is 10.6. The Morgan fingerprint density at radius 3 is 2.40 bits per heavy atom. The van der Waals surface area contributed by atoms with E-state index in [4.69, 9.17) is 5.73 Å². The van der Waals surface area contributed by atoms with Gasteiger partial charge >= 0.3 is 0 Å². The Hall–Kier alpha value is -2.33. The molecular weight excluding hydrogens is 258 g/mol. The van der Waals surface area contributed by atoms with Crippen LogP contribution in [0.1, 0.15) is 17.2 Å². The van der Waals surface area contributed by atoms with E-state index in [1.165, 1.54) is 12.1 Å². The van der Waals surface area contributed by atoms with Crippen LogP contribution in [0.5, 0.6) is 0 Å². The monoisotopic (exact) mass is 270 g/mol. The van der Waals surface area contributed by atoms with Gasteiger partial charge in [0.15, 0.2) is 0 Å². The summed E-state index contributed by atoms with van der Waals surface area (Å²) in [5, 5.41) is 0.942. The zero-order chi connectivity index (χ0) is 14.1. The van der Waals surface area contributed by atoms with Crippen LogP contribution in [-0.2, 0) is 0 Å². The van der Waals surface area contributed by atoms with Crippen LogP contribution in [0, 0.1) is 11.6 Å². The van der Waals surface area contributed by atoms with Crippen molar-refractivity contribution >= 4 is 10.9 Å². The highest BCUT2D eigenvalue weighted by Crippen LogP contribution is 2.24. The van der Waals surface area contributed by atoms with Gasteiger partial charge in [-0.2, -0.15) is 0 Å². The Balaban J connectivity index is 2.05. The quantitative estimate of drug-likeness (QED) is 0.773. The van der Waals surface area contributed by atoms with Crippen molar-refractivity contribution in [2.45, 2.75) is 6.04 Å². The van der Waals surface area contributed by atoms with Gasteiger partial charge in [0.1, 0.15) is 11.6 Å². The fourth-order valence-electron chi connectivity index (χ4n) is 2.23. The van der Waals surface area contributed by atoms with Gasteiger partial charge in [-0.25, -0.2) is 8.78 Å². The molecule has 4 heteroatoms. The van der Waals surface area contributed by atoms with Gasteiger partial charge in [-0.1, -0.05) is 12.1 Å². The summed E-state index contributed by atoms with van der Waals surface area (Å²) in [6.07, 6.45) is 1.71. The molecular formula is C16H12F2N2. The van der Waals surface area contributed by atoms with Gasteiger partial charge in [-0.05, 0) is 41.5 Å². The highest BCUT2D eigenvalue weighted by atomic mass is 19.1. The Bertz CT molecular complexity index is 751. The Morgan fingerprint density at radius 2 is 1.65 bits per heavy atom.